The molecule has 76 valence electrons. The predicted octanol–water partition coefficient (Wildman–Crippen LogP) is 2.93. The standard InChI is InChI=1S/C13H12O2/c1-9-5-3-7-11-10(9)6-4-8-12(11)13(14)15-2/h3-8H,1-2H3. The maximum atomic E-state index is 11.5. The molecule has 2 aromatic carbocycles. The van der Waals surface area contributed by atoms with E-state index in [1.807, 2.05) is 37.3 Å². The first-order valence-electron chi connectivity index (χ1n) is 4.80. The normalized spacial score (nSPS) is 10.3. The minimum absolute atomic E-state index is 0.286. The Morgan fingerprint density at radius 1 is 1.07 bits per heavy atom. The quantitative estimate of drug-likeness (QED) is 0.661. The molecule has 0 fully saturated rings. The Kier molecular flexibility index (Phi) is 2.42. The maximum absolute atomic E-state index is 11.5. The van der Waals surface area contributed by atoms with Gasteiger partial charge in [0.15, 0.2) is 0 Å². The van der Waals surface area contributed by atoms with Gasteiger partial charge in [-0.2, -0.15) is 0 Å². The molecular formula is C13H12O2. The summed E-state index contributed by atoms with van der Waals surface area (Å²) >= 11 is 0. The van der Waals surface area contributed by atoms with E-state index in [1.165, 1.54) is 12.7 Å². The van der Waals surface area contributed by atoms with Crippen LogP contribution in [0.15, 0.2) is 36.4 Å². The zero-order valence-electron chi connectivity index (χ0n) is 8.78. The molecule has 0 saturated carbocycles. The van der Waals surface area contributed by atoms with Crippen LogP contribution in [0.1, 0.15) is 15.9 Å². The topological polar surface area (TPSA) is 26.3 Å². The van der Waals surface area contributed by atoms with E-state index in [0.717, 1.165) is 10.8 Å². The highest BCUT2D eigenvalue weighted by Crippen LogP contribution is 2.22. The fraction of sp³-hybridized carbons (Fsp3) is 0.154. The fourth-order valence-corrected chi connectivity index (χ4v) is 1.76. The number of benzene rings is 2. The van der Waals surface area contributed by atoms with E-state index >= 15 is 0 Å². The van der Waals surface area contributed by atoms with E-state index in [4.69, 9.17) is 4.74 Å². The van der Waals surface area contributed by atoms with E-state index in [2.05, 4.69) is 0 Å². The van der Waals surface area contributed by atoms with Crippen molar-refractivity contribution < 1.29 is 9.53 Å². The van der Waals surface area contributed by atoms with E-state index in [0.29, 0.717) is 5.56 Å². The number of methoxy groups -OCH3 is 1. The second-order valence-corrected chi connectivity index (χ2v) is 3.47. The van der Waals surface area contributed by atoms with Crippen molar-refractivity contribution in [2.24, 2.45) is 0 Å². The summed E-state index contributed by atoms with van der Waals surface area (Å²) in [6, 6.07) is 11.6. The molecule has 0 aliphatic heterocycles. The summed E-state index contributed by atoms with van der Waals surface area (Å²) in [4.78, 5) is 11.5. The average Bonchev–Trinajstić information content (AvgIpc) is 2.28. The van der Waals surface area contributed by atoms with E-state index in [1.54, 1.807) is 6.07 Å². The van der Waals surface area contributed by atoms with Gasteiger partial charge in [0, 0.05) is 0 Å². The zero-order valence-corrected chi connectivity index (χ0v) is 8.78. The van der Waals surface area contributed by atoms with E-state index < -0.39 is 0 Å². The molecule has 0 atom stereocenters. The van der Waals surface area contributed by atoms with Gasteiger partial charge in [-0.15, -0.1) is 0 Å². The largest absolute Gasteiger partial charge is 0.465 e. The van der Waals surface area contributed by atoms with Crippen LogP contribution >= 0.6 is 0 Å². The van der Waals surface area contributed by atoms with Gasteiger partial charge in [-0.25, -0.2) is 4.79 Å². The molecule has 0 amide bonds. The Bertz CT molecular complexity index is 515. The first kappa shape index (κ1) is 9.71. The van der Waals surface area contributed by atoms with Crippen molar-refractivity contribution in [3.63, 3.8) is 0 Å². The lowest BCUT2D eigenvalue weighted by atomic mass is 10.0. The summed E-state index contributed by atoms with van der Waals surface area (Å²) in [5.74, 6) is -0.286. The average molecular weight is 200 g/mol. The SMILES string of the molecule is COC(=O)c1cccc2c(C)cccc12. The first-order chi connectivity index (χ1) is 7.24. The molecule has 0 aromatic heterocycles. The number of aryl methyl sites for hydroxylation is 1. The van der Waals surface area contributed by atoms with Crippen molar-refractivity contribution in [1.82, 2.24) is 0 Å². The molecule has 0 unspecified atom stereocenters. The number of rotatable bonds is 1. The van der Waals surface area contributed by atoms with Crippen molar-refractivity contribution in [3.8, 4) is 0 Å². The summed E-state index contributed by atoms with van der Waals surface area (Å²) < 4.78 is 4.75. The highest BCUT2D eigenvalue weighted by Gasteiger charge is 2.09. The Labute approximate surface area is 88.5 Å². The summed E-state index contributed by atoms with van der Waals surface area (Å²) in [5, 5.41) is 2.05. The molecule has 0 aliphatic rings. The van der Waals surface area contributed by atoms with Crippen molar-refractivity contribution in [3.05, 3.63) is 47.5 Å². The third-order valence-corrected chi connectivity index (χ3v) is 2.55. The minimum atomic E-state index is -0.286. The van der Waals surface area contributed by atoms with Crippen molar-refractivity contribution in [2.45, 2.75) is 6.92 Å². The van der Waals surface area contributed by atoms with E-state index in [9.17, 15) is 4.79 Å². The number of esters is 1. The molecule has 2 nitrogen and oxygen atoms in total. The van der Waals surface area contributed by atoms with Crippen molar-refractivity contribution in [2.75, 3.05) is 7.11 Å². The van der Waals surface area contributed by atoms with Crippen LogP contribution in [0.2, 0.25) is 0 Å². The lowest BCUT2D eigenvalue weighted by molar-refractivity contribution is 0.0603. The maximum Gasteiger partial charge on any atom is 0.338 e. The van der Waals surface area contributed by atoms with Crippen molar-refractivity contribution >= 4 is 16.7 Å². The summed E-state index contributed by atoms with van der Waals surface area (Å²) in [6.07, 6.45) is 0. The Morgan fingerprint density at radius 3 is 2.47 bits per heavy atom. The Balaban J connectivity index is 2.77. The zero-order chi connectivity index (χ0) is 10.8. The van der Waals surface area contributed by atoms with Gasteiger partial charge in [-0.05, 0) is 29.3 Å². The molecule has 0 heterocycles. The monoisotopic (exact) mass is 200 g/mol. The lowest BCUT2D eigenvalue weighted by Crippen LogP contribution is -2.01. The highest BCUT2D eigenvalue weighted by atomic mass is 16.5. The van der Waals surface area contributed by atoms with Crippen LogP contribution < -0.4 is 0 Å². The molecular weight excluding hydrogens is 188 g/mol. The van der Waals surface area contributed by atoms with Gasteiger partial charge >= 0.3 is 5.97 Å². The summed E-state index contributed by atoms with van der Waals surface area (Å²) in [7, 11) is 1.40. The van der Waals surface area contributed by atoms with Crippen LogP contribution in [-0.2, 0) is 4.74 Å². The number of carbonyl (C=O) groups is 1. The third kappa shape index (κ3) is 1.59. The summed E-state index contributed by atoms with van der Waals surface area (Å²) in [6.45, 7) is 2.03. The van der Waals surface area contributed by atoms with Gasteiger partial charge in [0.25, 0.3) is 0 Å². The van der Waals surface area contributed by atoms with Gasteiger partial charge in [0.1, 0.15) is 0 Å². The molecule has 15 heavy (non-hydrogen) atoms. The first-order valence-corrected chi connectivity index (χ1v) is 4.80. The predicted molar refractivity (Wildman–Crippen MR) is 60.0 cm³/mol. The van der Waals surface area contributed by atoms with Crippen LogP contribution in [0.4, 0.5) is 0 Å². The van der Waals surface area contributed by atoms with Crippen LogP contribution in [-0.4, -0.2) is 13.1 Å². The number of carbonyl (C=O) groups excluding carboxylic acids is 1. The van der Waals surface area contributed by atoms with Crippen LogP contribution in [0.25, 0.3) is 10.8 Å². The van der Waals surface area contributed by atoms with Crippen molar-refractivity contribution in [1.29, 1.82) is 0 Å². The van der Waals surface area contributed by atoms with Gasteiger partial charge in [0.2, 0.25) is 0 Å². The second kappa shape index (κ2) is 3.73. The van der Waals surface area contributed by atoms with Crippen LogP contribution in [0, 0.1) is 6.92 Å². The van der Waals surface area contributed by atoms with Gasteiger partial charge in [-0.1, -0.05) is 30.3 Å². The molecule has 2 aromatic rings. The van der Waals surface area contributed by atoms with Crippen LogP contribution in [0.5, 0.6) is 0 Å². The minimum Gasteiger partial charge on any atom is -0.465 e. The van der Waals surface area contributed by atoms with E-state index in [-0.39, 0.29) is 5.97 Å². The smallest absolute Gasteiger partial charge is 0.338 e. The fourth-order valence-electron chi connectivity index (χ4n) is 1.76. The van der Waals surface area contributed by atoms with Crippen LogP contribution in [0.3, 0.4) is 0 Å². The molecule has 2 heteroatoms. The molecule has 0 saturated heterocycles. The van der Waals surface area contributed by atoms with Gasteiger partial charge in [-0.3, -0.25) is 0 Å². The molecule has 0 aliphatic carbocycles. The molecule has 2 rings (SSSR count). The summed E-state index contributed by atoms with van der Waals surface area (Å²) in [5.41, 5.74) is 1.79. The Hall–Kier alpha value is -1.83. The third-order valence-electron chi connectivity index (χ3n) is 2.55. The van der Waals surface area contributed by atoms with Gasteiger partial charge in [0.05, 0.1) is 12.7 Å². The number of hydrogen-bond acceptors (Lipinski definition) is 2. The highest BCUT2D eigenvalue weighted by molar-refractivity contribution is 6.05. The van der Waals surface area contributed by atoms with Gasteiger partial charge < -0.3 is 4.74 Å². The lowest BCUT2D eigenvalue weighted by Gasteiger charge is -2.06. The number of hydrogen-bond donors (Lipinski definition) is 0. The Morgan fingerprint density at radius 2 is 1.73 bits per heavy atom. The number of fused-ring (bicyclic) bond motifs is 1. The molecule has 0 radical (unpaired) electrons. The molecule has 0 spiro atoms. The second-order valence-electron chi connectivity index (χ2n) is 3.47. The number of ether oxygens (including phenoxy) is 1. The molecule has 0 bridgehead atoms. The molecule has 0 N–H and O–H groups in total.